The number of ether oxygens (including phenoxy) is 1. The molecule has 0 bridgehead atoms. The Bertz CT molecular complexity index is 374. The maximum absolute atomic E-state index is 5.88. The Kier molecular flexibility index (Phi) is 4.55. The third-order valence-electron chi connectivity index (χ3n) is 3.33. The fourth-order valence-electron chi connectivity index (χ4n) is 2.52. The summed E-state index contributed by atoms with van der Waals surface area (Å²) < 4.78 is 5.88. The molecule has 0 aromatic carbocycles. The van der Waals surface area contributed by atoms with Crippen molar-refractivity contribution in [1.82, 2.24) is 10.3 Å². The minimum absolute atomic E-state index is 0.313. The molecule has 0 radical (unpaired) electrons. The van der Waals surface area contributed by atoms with E-state index in [-0.39, 0.29) is 0 Å². The molecule has 1 fully saturated rings. The molecule has 1 aliphatic rings. The molecule has 0 saturated carbocycles. The van der Waals surface area contributed by atoms with Crippen LogP contribution in [0.3, 0.4) is 0 Å². The highest BCUT2D eigenvalue weighted by atomic mass is 16.5. The van der Waals surface area contributed by atoms with Crippen molar-refractivity contribution >= 4 is 5.82 Å². The van der Waals surface area contributed by atoms with Gasteiger partial charge in [0.1, 0.15) is 5.82 Å². The summed E-state index contributed by atoms with van der Waals surface area (Å²) in [5.41, 5.74) is 8.04. The first-order valence-corrected chi connectivity index (χ1v) is 6.74. The molecule has 2 heterocycles. The van der Waals surface area contributed by atoms with Crippen LogP contribution in [0.5, 0.6) is 0 Å². The van der Waals surface area contributed by atoms with E-state index in [4.69, 9.17) is 10.5 Å². The van der Waals surface area contributed by atoms with Gasteiger partial charge in [0, 0.05) is 31.3 Å². The zero-order chi connectivity index (χ0) is 13.0. The number of rotatable bonds is 5. The van der Waals surface area contributed by atoms with Gasteiger partial charge >= 0.3 is 0 Å². The van der Waals surface area contributed by atoms with Gasteiger partial charge < -0.3 is 15.8 Å². The summed E-state index contributed by atoms with van der Waals surface area (Å²) in [6.45, 7) is 6.99. The Labute approximate surface area is 109 Å². The Morgan fingerprint density at radius 1 is 1.44 bits per heavy atom. The second-order valence-electron chi connectivity index (χ2n) is 5.09. The minimum Gasteiger partial charge on any atom is -0.384 e. The van der Waals surface area contributed by atoms with Gasteiger partial charge in [-0.15, -0.1) is 0 Å². The lowest BCUT2D eigenvalue weighted by Gasteiger charge is -2.19. The Hall–Kier alpha value is -1.13. The third-order valence-corrected chi connectivity index (χ3v) is 3.33. The molecular formula is C14H23N3O. The molecule has 0 aliphatic carbocycles. The molecule has 4 nitrogen and oxygen atoms in total. The van der Waals surface area contributed by atoms with Gasteiger partial charge in [-0.05, 0) is 37.5 Å². The number of pyridine rings is 1. The molecule has 3 N–H and O–H groups in total. The van der Waals surface area contributed by atoms with Crippen LogP contribution in [0.1, 0.15) is 24.6 Å². The molecule has 1 aromatic heterocycles. The van der Waals surface area contributed by atoms with Gasteiger partial charge in [0.05, 0.1) is 6.10 Å². The van der Waals surface area contributed by atoms with Crippen LogP contribution in [0.2, 0.25) is 0 Å². The number of nitrogen functional groups attached to an aromatic ring is 1. The second kappa shape index (κ2) is 6.16. The van der Waals surface area contributed by atoms with E-state index in [1.807, 2.05) is 6.07 Å². The van der Waals surface area contributed by atoms with E-state index in [2.05, 4.69) is 30.2 Å². The monoisotopic (exact) mass is 249 g/mol. The molecule has 1 aliphatic heterocycles. The zero-order valence-electron chi connectivity index (χ0n) is 11.3. The second-order valence-corrected chi connectivity index (χ2v) is 5.09. The van der Waals surface area contributed by atoms with E-state index in [1.54, 1.807) is 0 Å². The number of aromatic nitrogens is 1. The highest BCUT2D eigenvalue weighted by Gasteiger charge is 2.28. The van der Waals surface area contributed by atoms with E-state index >= 15 is 0 Å². The molecule has 18 heavy (non-hydrogen) atoms. The van der Waals surface area contributed by atoms with E-state index in [0.717, 1.165) is 38.2 Å². The van der Waals surface area contributed by atoms with Crippen molar-refractivity contribution in [2.75, 3.05) is 25.4 Å². The average molecular weight is 249 g/mol. The number of nitrogens with one attached hydrogen (secondary N) is 1. The van der Waals surface area contributed by atoms with Crippen molar-refractivity contribution in [2.24, 2.45) is 5.92 Å². The largest absolute Gasteiger partial charge is 0.384 e. The quantitative estimate of drug-likeness (QED) is 0.831. The van der Waals surface area contributed by atoms with Crippen molar-refractivity contribution in [3.8, 4) is 0 Å². The van der Waals surface area contributed by atoms with Crippen LogP contribution in [0.15, 0.2) is 12.1 Å². The smallest absolute Gasteiger partial charge is 0.123 e. The van der Waals surface area contributed by atoms with Gasteiger partial charge in [-0.2, -0.15) is 0 Å². The molecule has 2 unspecified atom stereocenters. The van der Waals surface area contributed by atoms with Crippen LogP contribution in [-0.4, -0.2) is 30.8 Å². The predicted molar refractivity (Wildman–Crippen MR) is 73.5 cm³/mol. The van der Waals surface area contributed by atoms with Gasteiger partial charge in [-0.1, -0.05) is 6.92 Å². The average Bonchev–Trinajstić information content (AvgIpc) is 2.72. The summed E-state index contributed by atoms with van der Waals surface area (Å²) >= 11 is 0. The highest BCUT2D eigenvalue weighted by molar-refractivity contribution is 5.34. The van der Waals surface area contributed by atoms with Crippen LogP contribution in [-0.2, 0) is 11.2 Å². The summed E-state index contributed by atoms with van der Waals surface area (Å²) in [5.74, 6) is 1.12. The van der Waals surface area contributed by atoms with Gasteiger partial charge in [0.2, 0.25) is 0 Å². The molecule has 2 atom stereocenters. The van der Waals surface area contributed by atoms with Crippen molar-refractivity contribution < 1.29 is 4.74 Å². The first-order valence-electron chi connectivity index (χ1n) is 6.74. The highest BCUT2D eigenvalue weighted by Crippen LogP contribution is 2.19. The van der Waals surface area contributed by atoms with Crippen LogP contribution < -0.4 is 11.1 Å². The van der Waals surface area contributed by atoms with Crippen LogP contribution in [0.25, 0.3) is 0 Å². The summed E-state index contributed by atoms with van der Waals surface area (Å²) in [7, 11) is 0. The molecule has 100 valence electrons. The lowest BCUT2D eigenvalue weighted by Crippen LogP contribution is -2.25. The lowest BCUT2D eigenvalue weighted by molar-refractivity contribution is 0.0381. The molecule has 1 aromatic rings. The molecular weight excluding hydrogens is 226 g/mol. The summed E-state index contributed by atoms with van der Waals surface area (Å²) in [4.78, 5) is 4.41. The van der Waals surface area contributed by atoms with Crippen LogP contribution in [0.4, 0.5) is 5.82 Å². The number of hydrogen-bond acceptors (Lipinski definition) is 4. The third kappa shape index (κ3) is 3.43. The van der Waals surface area contributed by atoms with Crippen molar-refractivity contribution in [3.63, 3.8) is 0 Å². The first-order chi connectivity index (χ1) is 8.69. The number of nitrogens with zero attached hydrogens (tertiary/aromatic N) is 1. The van der Waals surface area contributed by atoms with Crippen molar-refractivity contribution in [1.29, 1.82) is 0 Å². The SMILES string of the molecule is CCCOC1CNCC1Cc1cc(C)cc(N)n1. The maximum atomic E-state index is 5.88. The number of nitrogens with two attached hydrogens (primary N) is 1. The van der Waals surface area contributed by atoms with Gasteiger partial charge in [-0.3, -0.25) is 0 Å². The van der Waals surface area contributed by atoms with E-state index < -0.39 is 0 Å². The molecule has 4 heteroatoms. The van der Waals surface area contributed by atoms with Crippen molar-refractivity contribution in [2.45, 2.75) is 32.8 Å². The number of anilines is 1. The Morgan fingerprint density at radius 2 is 2.28 bits per heavy atom. The molecule has 2 rings (SSSR count). The van der Waals surface area contributed by atoms with Crippen LogP contribution >= 0.6 is 0 Å². The number of aryl methyl sites for hydroxylation is 1. The summed E-state index contributed by atoms with van der Waals surface area (Å²) in [6.07, 6.45) is 2.32. The Balaban J connectivity index is 1.98. The van der Waals surface area contributed by atoms with E-state index in [0.29, 0.717) is 17.8 Å². The molecule has 0 amide bonds. The molecule has 0 spiro atoms. The fourth-order valence-corrected chi connectivity index (χ4v) is 2.52. The van der Waals surface area contributed by atoms with Gasteiger partial charge in [0.25, 0.3) is 0 Å². The fraction of sp³-hybridized carbons (Fsp3) is 0.643. The lowest BCUT2D eigenvalue weighted by atomic mass is 9.99. The van der Waals surface area contributed by atoms with Crippen molar-refractivity contribution in [3.05, 3.63) is 23.4 Å². The minimum atomic E-state index is 0.313. The summed E-state index contributed by atoms with van der Waals surface area (Å²) in [5, 5.41) is 3.40. The molecule has 1 saturated heterocycles. The van der Waals surface area contributed by atoms with Crippen LogP contribution in [0, 0.1) is 12.8 Å². The van der Waals surface area contributed by atoms with Gasteiger partial charge in [0.15, 0.2) is 0 Å². The standard InChI is InChI=1S/C14H23N3O/c1-3-4-18-13-9-16-8-11(13)7-12-5-10(2)6-14(15)17-12/h5-6,11,13,16H,3-4,7-9H2,1-2H3,(H2,15,17). The maximum Gasteiger partial charge on any atom is 0.123 e. The summed E-state index contributed by atoms with van der Waals surface area (Å²) in [6, 6.07) is 4.02. The first kappa shape index (κ1) is 13.3. The van der Waals surface area contributed by atoms with E-state index in [1.165, 1.54) is 5.56 Å². The Morgan fingerprint density at radius 3 is 3.00 bits per heavy atom. The topological polar surface area (TPSA) is 60.2 Å². The zero-order valence-corrected chi connectivity index (χ0v) is 11.3. The predicted octanol–water partition coefficient (Wildman–Crippen LogP) is 1.53. The van der Waals surface area contributed by atoms with E-state index in [9.17, 15) is 0 Å². The number of hydrogen-bond donors (Lipinski definition) is 2. The normalized spacial score (nSPS) is 23.4. The van der Waals surface area contributed by atoms with Gasteiger partial charge in [-0.25, -0.2) is 4.98 Å².